The molecule has 11 heteroatoms. The van der Waals surface area contributed by atoms with Gasteiger partial charge in [-0.2, -0.15) is 4.98 Å². The molecule has 2 heterocycles. The number of unbranched alkanes of at least 4 members (excludes halogenated alkanes) is 12. The normalized spacial score (nSPS) is 13.6. The number of nitrogens with zero attached hydrogens (tertiary/aromatic N) is 3. The van der Waals surface area contributed by atoms with E-state index >= 15 is 0 Å². The number of hydrogen-bond donors (Lipinski definition) is 3. The molecule has 0 spiro atoms. The molecule has 2 rings (SSSR count). The summed E-state index contributed by atoms with van der Waals surface area (Å²) in [4.78, 5) is 47.9. The van der Waals surface area contributed by atoms with Crippen LogP contribution in [-0.4, -0.2) is 50.2 Å². The number of fused-ring (bicyclic) bond motifs is 1. The average molecular weight is 605 g/mol. The second kappa shape index (κ2) is 20.9. The Morgan fingerprint density at radius 3 is 2.16 bits per heavy atom. The number of anilines is 1. The smallest absolute Gasteiger partial charge is 0.323 e. The summed E-state index contributed by atoms with van der Waals surface area (Å²) in [5.74, 6) is -0.740. The number of nitrogens with two attached hydrogens (primary N) is 2. The molecule has 11 nitrogen and oxygen atoms in total. The number of carbonyl (C=O) groups is 2. The van der Waals surface area contributed by atoms with Crippen molar-refractivity contribution < 1.29 is 19.1 Å². The minimum atomic E-state index is -0.736. The summed E-state index contributed by atoms with van der Waals surface area (Å²) in [6, 6.07) is -0.736. The zero-order valence-corrected chi connectivity index (χ0v) is 26.8. The van der Waals surface area contributed by atoms with Crippen molar-refractivity contribution in [3.05, 3.63) is 16.7 Å². The topological polar surface area (TPSA) is 168 Å². The van der Waals surface area contributed by atoms with E-state index in [-0.39, 0.29) is 30.0 Å². The van der Waals surface area contributed by atoms with Crippen molar-refractivity contribution in [2.75, 3.05) is 12.3 Å². The molecule has 0 bridgehead atoms. The molecule has 0 aliphatic heterocycles. The maximum absolute atomic E-state index is 12.7. The Morgan fingerprint density at radius 1 is 0.953 bits per heavy atom. The number of carbonyl (C=O) groups excluding carboxylic acids is 2. The molecular weight excluding hydrogens is 548 g/mol. The van der Waals surface area contributed by atoms with Gasteiger partial charge < -0.3 is 25.5 Å². The van der Waals surface area contributed by atoms with Gasteiger partial charge in [0.15, 0.2) is 11.2 Å². The Balaban J connectivity index is 1.71. The van der Waals surface area contributed by atoms with Crippen molar-refractivity contribution in [3.63, 3.8) is 0 Å². The van der Waals surface area contributed by atoms with Gasteiger partial charge in [-0.15, -0.1) is 0 Å². The fourth-order valence-electron chi connectivity index (χ4n) is 5.07. The van der Waals surface area contributed by atoms with E-state index in [0.29, 0.717) is 31.5 Å². The van der Waals surface area contributed by atoms with Gasteiger partial charge in [0.2, 0.25) is 5.95 Å². The van der Waals surface area contributed by atoms with E-state index in [1.165, 1.54) is 70.5 Å². The third-order valence-corrected chi connectivity index (χ3v) is 8.18. The van der Waals surface area contributed by atoms with Crippen LogP contribution >= 0.6 is 0 Å². The monoisotopic (exact) mass is 604 g/mol. The number of nitrogen functional groups attached to an aromatic ring is 1. The van der Waals surface area contributed by atoms with Crippen LogP contribution in [0, 0.1) is 5.92 Å². The molecular formula is C32H56N6O5. The van der Waals surface area contributed by atoms with E-state index in [4.69, 9.17) is 20.9 Å². The SMILES string of the molecule is CCCCCCCCCCCCCCCC(=O)OCCC(CCn1cnc2c(=O)[nH]c(N)nc21)OC(=O)[C@@H](N)C(C)CC. The largest absolute Gasteiger partial charge is 0.466 e. The van der Waals surface area contributed by atoms with Crippen LogP contribution in [0.3, 0.4) is 0 Å². The molecule has 2 aromatic heterocycles. The average Bonchev–Trinajstić information content (AvgIpc) is 3.40. The molecule has 2 aromatic rings. The summed E-state index contributed by atoms with van der Waals surface area (Å²) in [7, 11) is 0. The first-order valence-corrected chi connectivity index (χ1v) is 16.6. The highest BCUT2D eigenvalue weighted by atomic mass is 16.6. The lowest BCUT2D eigenvalue weighted by molar-refractivity contribution is -0.154. The molecule has 3 atom stereocenters. The van der Waals surface area contributed by atoms with E-state index < -0.39 is 23.7 Å². The number of rotatable bonds is 24. The highest BCUT2D eigenvalue weighted by Gasteiger charge is 2.25. The Labute approximate surface area is 256 Å². The molecule has 5 N–H and O–H groups in total. The van der Waals surface area contributed by atoms with E-state index in [9.17, 15) is 14.4 Å². The molecule has 43 heavy (non-hydrogen) atoms. The summed E-state index contributed by atoms with van der Waals surface area (Å²) in [6.45, 7) is 6.64. The van der Waals surface area contributed by atoms with Crippen LogP contribution in [0.15, 0.2) is 11.1 Å². The lowest BCUT2D eigenvalue weighted by Gasteiger charge is -2.23. The molecule has 0 aliphatic rings. The van der Waals surface area contributed by atoms with Gasteiger partial charge in [0.25, 0.3) is 5.56 Å². The van der Waals surface area contributed by atoms with E-state index in [1.807, 2.05) is 13.8 Å². The van der Waals surface area contributed by atoms with E-state index in [0.717, 1.165) is 25.7 Å². The predicted molar refractivity (Wildman–Crippen MR) is 170 cm³/mol. The first kappa shape index (κ1) is 36.2. The number of hydrogen-bond acceptors (Lipinski definition) is 9. The number of aromatic nitrogens is 4. The van der Waals surface area contributed by atoms with Crippen molar-refractivity contribution in [2.24, 2.45) is 11.7 Å². The van der Waals surface area contributed by atoms with Crippen LogP contribution in [0.1, 0.15) is 130 Å². The highest BCUT2D eigenvalue weighted by Crippen LogP contribution is 2.16. The molecule has 0 amide bonds. The van der Waals surface area contributed by atoms with Gasteiger partial charge in [0.05, 0.1) is 12.9 Å². The van der Waals surface area contributed by atoms with E-state index in [2.05, 4.69) is 21.9 Å². The van der Waals surface area contributed by atoms with Crippen LogP contribution in [-0.2, 0) is 25.6 Å². The molecule has 0 fully saturated rings. The Kier molecular flexibility index (Phi) is 17.6. The Hall–Kier alpha value is -2.95. The number of aryl methyl sites for hydroxylation is 1. The van der Waals surface area contributed by atoms with Gasteiger partial charge in [-0.25, -0.2) is 4.98 Å². The fourth-order valence-corrected chi connectivity index (χ4v) is 5.07. The van der Waals surface area contributed by atoms with Crippen molar-refractivity contribution in [1.29, 1.82) is 0 Å². The van der Waals surface area contributed by atoms with Crippen molar-refractivity contribution in [2.45, 2.75) is 149 Å². The molecule has 244 valence electrons. The van der Waals surface area contributed by atoms with Crippen molar-refractivity contribution in [3.8, 4) is 0 Å². The van der Waals surface area contributed by atoms with Gasteiger partial charge in [-0.1, -0.05) is 104 Å². The third-order valence-electron chi connectivity index (χ3n) is 8.18. The van der Waals surface area contributed by atoms with Gasteiger partial charge in [0, 0.05) is 25.8 Å². The Morgan fingerprint density at radius 2 is 1.56 bits per heavy atom. The molecule has 0 radical (unpaired) electrons. The van der Waals surface area contributed by atoms with Crippen LogP contribution in [0.4, 0.5) is 5.95 Å². The summed E-state index contributed by atoms with van der Waals surface area (Å²) < 4.78 is 12.9. The third kappa shape index (κ3) is 13.9. The summed E-state index contributed by atoms with van der Waals surface area (Å²) in [5.41, 5.74) is 11.9. The zero-order chi connectivity index (χ0) is 31.5. The van der Waals surface area contributed by atoms with Crippen LogP contribution in [0.5, 0.6) is 0 Å². The maximum atomic E-state index is 12.7. The van der Waals surface area contributed by atoms with Gasteiger partial charge in [0.1, 0.15) is 12.1 Å². The maximum Gasteiger partial charge on any atom is 0.323 e. The second-order valence-corrected chi connectivity index (χ2v) is 11.8. The van der Waals surface area contributed by atoms with Gasteiger partial charge in [-0.05, 0) is 12.3 Å². The first-order valence-electron chi connectivity index (χ1n) is 16.6. The standard InChI is InChI=1S/C32H56N6O5/c1-4-6-7-8-9-10-11-12-13-14-15-16-17-18-26(39)42-22-20-25(43-31(41)27(33)24(3)5-2)19-21-38-23-35-28-29(38)36-32(34)37-30(28)40/h23-25,27H,4-22,33H2,1-3H3,(H3,34,36,37,40)/t24?,25?,27-/m0/s1. The summed E-state index contributed by atoms with van der Waals surface area (Å²) >= 11 is 0. The molecule has 0 aromatic carbocycles. The van der Waals surface area contributed by atoms with Crippen LogP contribution < -0.4 is 17.0 Å². The van der Waals surface area contributed by atoms with E-state index in [1.54, 1.807) is 4.57 Å². The van der Waals surface area contributed by atoms with Crippen molar-refractivity contribution in [1.82, 2.24) is 19.5 Å². The number of esters is 2. The van der Waals surface area contributed by atoms with Gasteiger partial charge in [-0.3, -0.25) is 19.4 Å². The van der Waals surface area contributed by atoms with Crippen LogP contribution in [0.25, 0.3) is 11.2 Å². The number of nitrogens with one attached hydrogen (secondary N) is 1. The highest BCUT2D eigenvalue weighted by molar-refractivity contribution is 5.76. The lowest BCUT2D eigenvalue weighted by atomic mass is 10.0. The number of H-pyrrole nitrogens is 1. The molecule has 0 saturated heterocycles. The van der Waals surface area contributed by atoms with Gasteiger partial charge >= 0.3 is 11.9 Å². The first-order chi connectivity index (χ1) is 20.8. The summed E-state index contributed by atoms with van der Waals surface area (Å²) in [5, 5.41) is 0. The summed E-state index contributed by atoms with van der Waals surface area (Å²) in [6.07, 6.45) is 19.1. The predicted octanol–water partition coefficient (Wildman–Crippen LogP) is 5.79. The molecule has 2 unspecified atom stereocenters. The van der Waals surface area contributed by atoms with Crippen LogP contribution in [0.2, 0.25) is 0 Å². The molecule has 0 saturated carbocycles. The lowest BCUT2D eigenvalue weighted by Crippen LogP contribution is -2.40. The fraction of sp³-hybridized carbons (Fsp3) is 0.781. The zero-order valence-electron chi connectivity index (χ0n) is 26.8. The minimum absolute atomic E-state index is 0.00263. The Bertz CT molecular complexity index is 1130. The quantitative estimate of drug-likeness (QED) is 0.0991. The van der Waals surface area contributed by atoms with Crippen molar-refractivity contribution >= 4 is 29.1 Å². The number of aromatic amines is 1. The minimum Gasteiger partial charge on any atom is -0.466 e. The second-order valence-electron chi connectivity index (χ2n) is 11.8. The number of ether oxygens (including phenoxy) is 2. The molecule has 0 aliphatic carbocycles. The number of imidazole rings is 1.